The molecule has 4 nitrogen and oxygen atoms in total. The van der Waals surface area contributed by atoms with Gasteiger partial charge in [0.2, 0.25) is 0 Å². The summed E-state index contributed by atoms with van der Waals surface area (Å²) < 4.78 is 62.2. The van der Waals surface area contributed by atoms with Crippen LogP contribution in [0.1, 0.15) is 11.1 Å². The third kappa shape index (κ3) is 3.38. The van der Waals surface area contributed by atoms with Gasteiger partial charge >= 0.3 is 16.5 Å². The second-order valence-electron chi connectivity index (χ2n) is 3.05. The normalized spacial score (nSPS) is 12.6. The third-order valence-electron chi connectivity index (χ3n) is 1.71. The molecule has 0 aliphatic rings. The Balaban J connectivity index is 3.11. The number of nitrogens with two attached hydrogens (primary N) is 1. The lowest BCUT2D eigenvalue weighted by molar-refractivity contribution is -0.137. The van der Waals surface area contributed by atoms with Crippen LogP contribution in [0.2, 0.25) is 0 Å². The monoisotopic (exact) mass is 255 g/mol. The molecule has 90 valence electrons. The zero-order chi connectivity index (χ0) is 12.6. The van der Waals surface area contributed by atoms with E-state index >= 15 is 0 Å². The Bertz CT molecular complexity index is 496. The summed E-state index contributed by atoms with van der Waals surface area (Å²) in [6.07, 6.45) is -4.48. The predicted molar refractivity (Wildman–Crippen MR) is 49.9 cm³/mol. The maximum absolute atomic E-state index is 12.3. The van der Waals surface area contributed by atoms with E-state index in [4.69, 9.17) is 0 Å². The third-order valence-corrected chi connectivity index (χ3v) is 2.12. The highest BCUT2D eigenvalue weighted by Gasteiger charge is 2.30. The second-order valence-corrected chi connectivity index (χ2v) is 4.21. The van der Waals surface area contributed by atoms with E-state index in [2.05, 4.69) is 9.32 Å². The lowest BCUT2D eigenvalue weighted by atomic mass is 10.1. The van der Waals surface area contributed by atoms with E-state index in [0.29, 0.717) is 6.07 Å². The Hall–Kier alpha value is -1.28. The molecule has 0 aromatic heterocycles. The summed E-state index contributed by atoms with van der Waals surface area (Å²) in [5.74, 6) is -0.226. The van der Waals surface area contributed by atoms with Crippen molar-refractivity contribution in [3.05, 3.63) is 29.3 Å². The smallest absolute Gasteiger partial charge is 0.371 e. The summed E-state index contributed by atoms with van der Waals surface area (Å²) in [4.78, 5) is 0. The molecule has 1 aromatic carbocycles. The molecule has 0 fully saturated rings. The molecule has 1 aromatic rings. The molecule has 0 saturated carbocycles. The van der Waals surface area contributed by atoms with Crippen LogP contribution in [-0.4, -0.2) is 8.42 Å². The summed E-state index contributed by atoms with van der Waals surface area (Å²) in [7, 11) is -4.23. The van der Waals surface area contributed by atoms with Crippen LogP contribution >= 0.6 is 0 Å². The molecular formula is C8H8F3NO3S. The minimum absolute atomic E-state index is 0.0313. The van der Waals surface area contributed by atoms with Crippen molar-refractivity contribution >= 4 is 10.3 Å². The molecule has 0 aliphatic carbocycles. The van der Waals surface area contributed by atoms with Gasteiger partial charge in [-0.25, -0.2) is 0 Å². The van der Waals surface area contributed by atoms with E-state index in [-0.39, 0.29) is 11.3 Å². The van der Waals surface area contributed by atoms with Crippen molar-refractivity contribution in [2.75, 3.05) is 0 Å². The Morgan fingerprint density at radius 1 is 1.31 bits per heavy atom. The molecule has 0 amide bonds. The summed E-state index contributed by atoms with van der Waals surface area (Å²) in [6.45, 7) is 1.29. The lowest BCUT2D eigenvalue weighted by Gasteiger charge is -2.10. The molecule has 0 bridgehead atoms. The Kier molecular flexibility index (Phi) is 3.15. The van der Waals surface area contributed by atoms with E-state index in [0.717, 1.165) is 12.1 Å². The predicted octanol–water partition coefficient (Wildman–Crippen LogP) is 1.60. The van der Waals surface area contributed by atoms with E-state index in [1.807, 2.05) is 0 Å². The highest BCUT2D eigenvalue weighted by Crippen LogP contribution is 2.32. The molecule has 2 N–H and O–H groups in total. The van der Waals surface area contributed by atoms with Gasteiger partial charge in [-0.15, -0.1) is 0 Å². The summed E-state index contributed by atoms with van der Waals surface area (Å²) in [5.41, 5.74) is -0.851. The molecule has 0 spiro atoms. The second kappa shape index (κ2) is 3.95. The molecule has 0 heterocycles. The van der Waals surface area contributed by atoms with Crippen molar-refractivity contribution in [3.63, 3.8) is 0 Å². The van der Waals surface area contributed by atoms with Crippen LogP contribution < -0.4 is 9.32 Å². The van der Waals surface area contributed by atoms with Gasteiger partial charge in [0.15, 0.2) is 0 Å². The van der Waals surface area contributed by atoms with Crippen molar-refractivity contribution in [3.8, 4) is 5.75 Å². The topological polar surface area (TPSA) is 69.4 Å². The van der Waals surface area contributed by atoms with Crippen LogP contribution in [0.15, 0.2) is 18.2 Å². The van der Waals surface area contributed by atoms with Gasteiger partial charge in [-0.1, -0.05) is 0 Å². The van der Waals surface area contributed by atoms with Gasteiger partial charge in [0.1, 0.15) is 5.75 Å². The minimum Gasteiger partial charge on any atom is -0.371 e. The van der Waals surface area contributed by atoms with Crippen molar-refractivity contribution in [1.82, 2.24) is 0 Å². The van der Waals surface area contributed by atoms with E-state index in [1.165, 1.54) is 6.92 Å². The zero-order valence-corrected chi connectivity index (χ0v) is 8.89. The van der Waals surface area contributed by atoms with Gasteiger partial charge in [0, 0.05) is 0 Å². The number of alkyl halides is 3. The largest absolute Gasteiger partial charge is 0.416 e. The van der Waals surface area contributed by atoms with Crippen molar-refractivity contribution in [2.45, 2.75) is 13.1 Å². The quantitative estimate of drug-likeness (QED) is 0.872. The average molecular weight is 255 g/mol. The maximum Gasteiger partial charge on any atom is 0.416 e. The van der Waals surface area contributed by atoms with Crippen LogP contribution in [0, 0.1) is 6.92 Å². The molecule has 0 atom stereocenters. The maximum atomic E-state index is 12.3. The Labute approximate surface area is 90.1 Å². The molecule has 0 radical (unpaired) electrons. The van der Waals surface area contributed by atoms with Crippen LogP contribution in [0.5, 0.6) is 5.75 Å². The van der Waals surface area contributed by atoms with Crippen molar-refractivity contribution in [1.29, 1.82) is 0 Å². The SMILES string of the molecule is Cc1cc(C(F)(F)F)ccc1OS(N)(=O)=O. The van der Waals surface area contributed by atoms with Crippen LogP contribution in [0.25, 0.3) is 0 Å². The standard InChI is InChI=1S/C8H8F3NO3S/c1-5-4-6(8(9,10)11)2-3-7(5)15-16(12,13)14/h2-4H,1H3,(H2,12,13,14). The van der Waals surface area contributed by atoms with Crippen LogP contribution in [0.3, 0.4) is 0 Å². The number of aryl methyl sites for hydroxylation is 1. The first-order chi connectivity index (χ1) is 7.09. The molecule has 0 saturated heterocycles. The van der Waals surface area contributed by atoms with E-state index in [9.17, 15) is 21.6 Å². The minimum atomic E-state index is -4.48. The van der Waals surface area contributed by atoms with Gasteiger partial charge in [0.25, 0.3) is 0 Å². The van der Waals surface area contributed by atoms with Gasteiger partial charge in [-0.05, 0) is 30.7 Å². The van der Waals surface area contributed by atoms with Gasteiger partial charge in [-0.3, -0.25) is 0 Å². The fraction of sp³-hybridized carbons (Fsp3) is 0.250. The number of hydrogen-bond acceptors (Lipinski definition) is 3. The molecule has 0 aliphatic heterocycles. The Morgan fingerprint density at radius 2 is 1.88 bits per heavy atom. The summed E-state index contributed by atoms with van der Waals surface area (Å²) in [5, 5.41) is 4.59. The van der Waals surface area contributed by atoms with Crippen molar-refractivity contribution < 1.29 is 25.8 Å². The summed E-state index contributed by atoms with van der Waals surface area (Å²) in [6, 6.07) is 2.40. The van der Waals surface area contributed by atoms with E-state index < -0.39 is 22.0 Å². The number of rotatable bonds is 2. The highest BCUT2D eigenvalue weighted by atomic mass is 32.2. The molecule has 16 heavy (non-hydrogen) atoms. The fourth-order valence-corrected chi connectivity index (χ4v) is 1.48. The fourth-order valence-electron chi connectivity index (χ4n) is 1.04. The lowest BCUT2D eigenvalue weighted by Crippen LogP contribution is -2.19. The van der Waals surface area contributed by atoms with Crippen molar-refractivity contribution in [2.24, 2.45) is 5.14 Å². The summed E-state index contributed by atoms with van der Waals surface area (Å²) >= 11 is 0. The van der Waals surface area contributed by atoms with Crippen LogP contribution in [0.4, 0.5) is 13.2 Å². The number of benzene rings is 1. The van der Waals surface area contributed by atoms with Gasteiger partial charge < -0.3 is 4.18 Å². The first kappa shape index (κ1) is 12.8. The average Bonchev–Trinajstić information content (AvgIpc) is 2.04. The Morgan fingerprint density at radius 3 is 2.25 bits per heavy atom. The van der Waals surface area contributed by atoms with Crippen LogP contribution in [-0.2, 0) is 16.5 Å². The number of hydrogen-bond donors (Lipinski definition) is 1. The first-order valence-corrected chi connectivity index (χ1v) is 5.47. The van der Waals surface area contributed by atoms with Gasteiger partial charge in [0.05, 0.1) is 5.56 Å². The van der Waals surface area contributed by atoms with E-state index in [1.54, 1.807) is 0 Å². The molecular weight excluding hydrogens is 247 g/mol. The first-order valence-electron chi connectivity index (χ1n) is 3.99. The zero-order valence-electron chi connectivity index (χ0n) is 8.08. The molecule has 1 rings (SSSR count). The highest BCUT2D eigenvalue weighted by molar-refractivity contribution is 7.84. The van der Waals surface area contributed by atoms with Gasteiger partial charge in [-0.2, -0.15) is 26.7 Å². The molecule has 0 unspecified atom stereocenters. The molecule has 8 heteroatoms. The number of halogens is 3.